The van der Waals surface area contributed by atoms with Crippen LogP contribution in [0.4, 0.5) is 18.9 Å². The topological polar surface area (TPSA) is 46.6 Å². The van der Waals surface area contributed by atoms with Gasteiger partial charge in [-0.15, -0.1) is 0 Å². The van der Waals surface area contributed by atoms with Gasteiger partial charge in [0.1, 0.15) is 5.75 Å². The fourth-order valence-electron chi connectivity index (χ4n) is 7.98. The molecule has 7 aromatic carbocycles. The average Bonchev–Trinajstić information content (AvgIpc) is 3.64. The molecular weight excluding hydrogens is 858 g/mol. The first-order chi connectivity index (χ1) is 29.1. The molecule has 4 nitrogen and oxygen atoms in total. The Morgan fingerprint density at radius 2 is 1.11 bits per heavy atom. The number of rotatable bonds is 8. The molecule has 1 atom stereocenters. The molecule has 0 saturated carbocycles. The van der Waals surface area contributed by atoms with E-state index >= 15 is 8.42 Å². The Kier molecular flexibility index (Phi) is 12.9. The van der Waals surface area contributed by atoms with Crippen molar-refractivity contribution >= 4 is 50.5 Å². The molecule has 11 heteroatoms. The van der Waals surface area contributed by atoms with Crippen LogP contribution in [-0.2, 0) is 16.2 Å². The van der Waals surface area contributed by atoms with Crippen molar-refractivity contribution < 1.29 is 26.3 Å². The summed E-state index contributed by atoms with van der Waals surface area (Å²) < 4.78 is 79.2. The van der Waals surface area contributed by atoms with Crippen LogP contribution in [-0.4, -0.2) is 26.4 Å². The van der Waals surface area contributed by atoms with Crippen molar-refractivity contribution in [1.29, 1.82) is 0 Å². The van der Waals surface area contributed by atoms with Crippen LogP contribution in [0.3, 0.4) is 0 Å². The summed E-state index contributed by atoms with van der Waals surface area (Å²) in [5.74, 6) is 0.174. The third-order valence-electron chi connectivity index (χ3n) is 10.8. The lowest BCUT2D eigenvalue weighted by Gasteiger charge is -2.29. The molecule has 0 aromatic heterocycles. The van der Waals surface area contributed by atoms with E-state index in [1.54, 1.807) is 35.7 Å². The number of aryl methyl sites for hydroxylation is 3. The van der Waals surface area contributed by atoms with E-state index in [1.807, 2.05) is 124 Å². The van der Waals surface area contributed by atoms with Crippen LogP contribution in [0, 0.1) is 20.8 Å². The second-order valence-electron chi connectivity index (χ2n) is 14.9. The van der Waals surface area contributed by atoms with Gasteiger partial charge in [0.15, 0.2) is 4.30 Å². The molecule has 61 heavy (non-hydrogen) atoms. The lowest BCUT2D eigenvalue weighted by atomic mass is 9.76. The second-order valence-corrected chi connectivity index (χ2v) is 18.7. The first-order valence-corrected chi connectivity index (χ1v) is 22.1. The SMILES string of the molecule is COc1ccc(-c2c(-c3cccc(C)c3)c(-c3ccc(C(F)(F)F)cc3)c(-c3ccc(C)cc3)c3c2N(S(=O)(=O)c2ccc(C)cc2)C[C@H]3c2ccccc2)cc1.ClC(Cl)Cl. The zero-order valence-corrected chi connectivity index (χ0v) is 36.7. The molecule has 7 aromatic rings. The maximum Gasteiger partial charge on any atom is 0.416 e. The van der Waals surface area contributed by atoms with E-state index in [0.29, 0.717) is 33.7 Å². The largest absolute Gasteiger partial charge is 0.497 e. The van der Waals surface area contributed by atoms with Crippen molar-refractivity contribution in [3.05, 3.63) is 185 Å². The van der Waals surface area contributed by atoms with Gasteiger partial charge in [0.25, 0.3) is 10.0 Å². The van der Waals surface area contributed by atoms with E-state index < -0.39 is 32.0 Å². The third-order valence-corrected chi connectivity index (χ3v) is 12.6. The number of fused-ring (bicyclic) bond motifs is 1. The summed E-state index contributed by atoms with van der Waals surface area (Å²) in [6, 6.07) is 45.6. The van der Waals surface area contributed by atoms with E-state index in [1.165, 1.54) is 12.1 Å². The first-order valence-electron chi connectivity index (χ1n) is 19.3. The minimum Gasteiger partial charge on any atom is -0.497 e. The van der Waals surface area contributed by atoms with E-state index in [4.69, 9.17) is 39.5 Å². The standard InChI is InChI=1S/C49H40F3NO3S.CHCl3/c1-31-13-17-35(18-14-31)44-43(36-19-23-39(24-20-36)49(50,51)52)45(38-12-8-9-33(3)29-38)46(37-21-25-40(56-4)26-22-37)48-47(44)42(34-10-6-5-7-11-34)30-53(48)57(54,55)41-27-15-32(2)16-28-41;2-1(3)4/h5-29,42H,30H2,1-4H3;1H/t42-;/m0./s1. The smallest absolute Gasteiger partial charge is 0.416 e. The van der Waals surface area contributed by atoms with Crippen LogP contribution in [0.15, 0.2) is 157 Å². The predicted molar refractivity (Wildman–Crippen MR) is 245 cm³/mol. The molecule has 0 amide bonds. The van der Waals surface area contributed by atoms with Crippen molar-refractivity contribution in [2.24, 2.45) is 0 Å². The Morgan fingerprint density at radius 3 is 1.67 bits per heavy atom. The van der Waals surface area contributed by atoms with Crippen molar-refractivity contribution in [1.82, 2.24) is 0 Å². The number of alkyl halides is 6. The Morgan fingerprint density at radius 1 is 0.607 bits per heavy atom. The maximum atomic E-state index is 15.2. The van der Waals surface area contributed by atoms with Gasteiger partial charge in [-0.05, 0) is 102 Å². The third kappa shape index (κ3) is 9.19. The molecule has 0 N–H and O–H groups in total. The van der Waals surface area contributed by atoms with Gasteiger partial charge in [-0.2, -0.15) is 13.2 Å². The molecule has 0 unspecified atom stereocenters. The van der Waals surface area contributed by atoms with Crippen LogP contribution >= 0.6 is 34.8 Å². The van der Waals surface area contributed by atoms with Gasteiger partial charge >= 0.3 is 6.18 Å². The van der Waals surface area contributed by atoms with Gasteiger partial charge in [-0.1, -0.05) is 167 Å². The summed E-state index contributed by atoms with van der Waals surface area (Å²) in [4.78, 5) is 0.161. The van der Waals surface area contributed by atoms with Gasteiger partial charge in [-0.3, -0.25) is 4.31 Å². The number of hydrogen-bond acceptors (Lipinski definition) is 3. The van der Waals surface area contributed by atoms with E-state index in [-0.39, 0.29) is 11.4 Å². The number of anilines is 1. The number of nitrogens with zero attached hydrogens (tertiary/aromatic N) is 1. The summed E-state index contributed by atoms with van der Waals surface area (Å²) in [6.45, 7) is 6.00. The molecule has 0 aliphatic carbocycles. The number of hydrogen-bond donors (Lipinski definition) is 0. The van der Waals surface area contributed by atoms with Gasteiger partial charge in [0, 0.05) is 23.6 Å². The minimum atomic E-state index is -4.53. The predicted octanol–water partition coefficient (Wildman–Crippen LogP) is 14.6. The zero-order valence-electron chi connectivity index (χ0n) is 33.6. The van der Waals surface area contributed by atoms with Gasteiger partial charge in [0.05, 0.1) is 23.3 Å². The summed E-state index contributed by atoms with van der Waals surface area (Å²) in [5.41, 5.74) is 10.1. The van der Waals surface area contributed by atoms with E-state index in [0.717, 1.165) is 62.2 Å². The molecule has 0 saturated heterocycles. The monoisotopic (exact) mass is 897 g/mol. The van der Waals surface area contributed by atoms with E-state index in [2.05, 4.69) is 0 Å². The summed E-state index contributed by atoms with van der Waals surface area (Å²) in [7, 11) is -2.59. The van der Waals surface area contributed by atoms with Gasteiger partial charge in [-0.25, -0.2) is 8.42 Å². The zero-order chi connectivity index (χ0) is 43.6. The van der Waals surface area contributed by atoms with E-state index in [9.17, 15) is 13.2 Å². The molecular formula is C50H41Cl3F3NO3S. The Hall–Kier alpha value is -5.25. The number of methoxy groups -OCH3 is 1. The van der Waals surface area contributed by atoms with Crippen molar-refractivity contribution in [2.45, 2.75) is 42.1 Å². The van der Waals surface area contributed by atoms with Crippen LogP contribution in [0.25, 0.3) is 44.5 Å². The molecule has 0 fully saturated rings. The number of sulfonamides is 1. The Labute approximate surface area is 370 Å². The average molecular weight is 899 g/mol. The summed E-state index contributed by atoms with van der Waals surface area (Å²) in [5, 5.41) is 0. The highest BCUT2D eigenvalue weighted by Crippen LogP contribution is 2.59. The molecule has 1 heterocycles. The Balaban J connectivity index is 0.00000134. The molecule has 0 spiro atoms. The van der Waals surface area contributed by atoms with Gasteiger partial charge in [0.2, 0.25) is 0 Å². The number of halogens is 6. The molecule has 312 valence electrons. The highest BCUT2D eigenvalue weighted by molar-refractivity contribution is 7.92. The van der Waals surface area contributed by atoms with Crippen molar-refractivity contribution in [3.63, 3.8) is 0 Å². The van der Waals surface area contributed by atoms with Crippen LogP contribution in [0.2, 0.25) is 0 Å². The number of ether oxygens (including phenoxy) is 1. The van der Waals surface area contributed by atoms with Gasteiger partial charge < -0.3 is 4.74 Å². The normalized spacial score (nSPS) is 13.8. The van der Waals surface area contributed by atoms with Crippen molar-refractivity contribution in [2.75, 3.05) is 18.0 Å². The quantitative estimate of drug-likeness (QED) is 0.143. The highest BCUT2D eigenvalue weighted by atomic mass is 35.6. The molecule has 1 aliphatic rings. The Bertz CT molecular complexity index is 2760. The van der Waals surface area contributed by atoms with Crippen molar-refractivity contribution in [3.8, 4) is 50.3 Å². The van der Waals surface area contributed by atoms with Crippen LogP contribution < -0.4 is 9.04 Å². The molecule has 0 bridgehead atoms. The minimum absolute atomic E-state index is 0.0985. The first kappa shape index (κ1) is 43.8. The van der Waals surface area contributed by atoms with Crippen LogP contribution in [0.5, 0.6) is 5.75 Å². The summed E-state index contributed by atoms with van der Waals surface area (Å²) >= 11 is 14.4. The molecule has 8 rings (SSSR count). The molecule has 0 radical (unpaired) electrons. The van der Waals surface area contributed by atoms with Crippen LogP contribution in [0.1, 0.15) is 39.3 Å². The lowest BCUT2D eigenvalue weighted by molar-refractivity contribution is -0.137. The molecule has 1 aliphatic heterocycles. The lowest BCUT2D eigenvalue weighted by Crippen LogP contribution is -2.30. The summed E-state index contributed by atoms with van der Waals surface area (Å²) in [6.07, 6.45) is -4.53. The second kappa shape index (κ2) is 18.0. The fourth-order valence-corrected chi connectivity index (χ4v) is 9.49. The number of benzene rings is 7. The maximum absolute atomic E-state index is 15.2. The highest BCUT2D eigenvalue weighted by Gasteiger charge is 2.44. The fraction of sp³-hybridized carbons (Fsp3) is 0.160.